The minimum absolute atomic E-state index is 0.0416. The van der Waals surface area contributed by atoms with E-state index in [1.807, 2.05) is 48.5 Å². The first-order valence-electron chi connectivity index (χ1n) is 6.75. The number of carbonyl (C=O) groups is 1. The van der Waals surface area contributed by atoms with Crippen molar-refractivity contribution in [3.05, 3.63) is 64.7 Å². The molecular formula is C17H15ClN2OS. The van der Waals surface area contributed by atoms with Gasteiger partial charge in [0.25, 0.3) is 0 Å². The van der Waals surface area contributed by atoms with Crippen LogP contribution in [0.2, 0.25) is 5.02 Å². The second-order valence-electron chi connectivity index (χ2n) is 4.70. The number of carbonyl (C=O) groups excluding carboxylic acids is 1. The summed E-state index contributed by atoms with van der Waals surface area (Å²) >= 11 is 7.46. The first kappa shape index (κ1) is 16.4. The van der Waals surface area contributed by atoms with E-state index in [-0.39, 0.29) is 5.91 Å². The summed E-state index contributed by atoms with van der Waals surface area (Å²) in [6.45, 7) is 0. The fourth-order valence-electron chi connectivity index (χ4n) is 1.88. The lowest BCUT2D eigenvalue weighted by Gasteiger charge is -2.06. The Hall–Kier alpha value is -1.96. The Morgan fingerprint density at radius 3 is 2.64 bits per heavy atom. The molecule has 1 amide bonds. The van der Waals surface area contributed by atoms with E-state index < -0.39 is 0 Å². The SMILES string of the molecule is N#CCc1ccc(NC(=O)CSCc2cccc(Cl)c2)cc1. The van der Waals surface area contributed by atoms with Crippen molar-refractivity contribution < 1.29 is 4.79 Å². The Labute approximate surface area is 139 Å². The van der Waals surface area contributed by atoms with Crippen LogP contribution in [0.1, 0.15) is 11.1 Å². The number of hydrogen-bond acceptors (Lipinski definition) is 3. The molecule has 2 rings (SSSR count). The van der Waals surface area contributed by atoms with E-state index in [9.17, 15) is 4.79 Å². The van der Waals surface area contributed by atoms with Crippen LogP contribution in [0.3, 0.4) is 0 Å². The van der Waals surface area contributed by atoms with Crippen LogP contribution in [0.4, 0.5) is 5.69 Å². The van der Waals surface area contributed by atoms with Crippen LogP contribution in [0.5, 0.6) is 0 Å². The second kappa shape index (κ2) is 8.47. The Morgan fingerprint density at radius 2 is 1.95 bits per heavy atom. The van der Waals surface area contributed by atoms with Crippen molar-refractivity contribution in [3.8, 4) is 6.07 Å². The Kier molecular flexibility index (Phi) is 6.32. The van der Waals surface area contributed by atoms with Gasteiger partial charge in [-0.05, 0) is 35.4 Å². The predicted octanol–water partition coefficient (Wildman–Crippen LogP) is 4.28. The molecule has 0 saturated heterocycles. The summed E-state index contributed by atoms with van der Waals surface area (Å²) in [5.41, 5.74) is 2.79. The average molecular weight is 331 g/mol. The normalized spacial score (nSPS) is 10.0. The van der Waals surface area contributed by atoms with Gasteiger partial charge in [0.1, 0.15) is 0 Å². The van der Waals surface area contributed by atoms with Crippen molar-refractivity contribution in [2.75, 3.05) is 11.1 Å². The molecule has 2 aromatic rings. The highest BCUT2D eigenvalue weighted by molar-refractivity contribution is 7.99. The number of hydrogen-bond donors (Lipinski definition) is 1. The van der Waals surface area contributed by atoms with Gasteiger partial charge in [0.2, 0.25) is 5.91 Å². The average Bonchev–Trinajstić information content (AvgIpc) is 2.50. The van der Waals surface area contributed by atoms with Gasteiger partial charge in [-0.25, -0.2) is 0 Å². The van der Waals surface area contributed by atoms with Crippen molar-refractivity contribution >= 4 is 35.0 Å². The van der Waals surface area contributed by atoms with Gasteiger partial charge < -0.3 is 5.32 Å². The lowest BCUT2D eigenvalue weighted by Crippen LogP contribution is -2.14. The zero-order chi connectivity index (χ0) is 15.8. The van der Waals surface area contributed by atoms with Crippen molar-refractivity contribution in [2.24, 2.45) is 0 Å². The third-order valence-corrected chi connectivity index (χ3v) is 4.15. The van der Waals surface area contributed by atoms with Gasteiger partial charge in [0, 0.05) is 16.5 Å². The number of benzene rings is 2. The third kappa shape index (κ3) is 5.44. The van der Waals surface area contributed by atoms with Crippen LogP contribution >= 0.6 is 23.4 Å². The number of nitrogens with zero attached hydrogens (tertiary/aromatic N) is 1. The quantitative estimate of drug-likeness (QED) is 0.860. The highest BCUT2D eigenvalue weighted by atomic mass is 35.5. The van der Waals surface area contributed by atoms with E-state index in [0.29, 0.717) is 17.2 Å². The van der Waals surface area contributed by atoms with Gasteiger partial charge in [-0.15, -0.1) is 11.8 Å². The van der Waals surface area contributed by atoms with Crippen LogP contribution in [0.25, 0.3) is 0 Å². The molecule has 0 bridgehead atoms. The summed E-state index contributed by atoms with van der Waals surface area (Å²) in [6, 6.07) is 17.0. The maximum atomic E-state index is 11.9. The van der Waals surface area contributed by atoms with Gasteiger partial charge in [-0.1, -0.05) is 35.9 Å². The van der Waals surface area contributed by atoms with E-state index in [0.717, 1.165) is 22.6 Å². The Bertz CT molecular complexity index is 680. The smallest absolute Gasteiger partial charge is 0.234 e. The van der Waals surface area contributed by atoms with E-state index in [1.165, 1.54) is 11.8 Å². The summed E-state index contributed by atoms with van der Waals surface area (Å²) in [5.74, 6) is 1.08. The number of nitrogens with one attached hydrogen (secondary N) is 1. The topological polar surface area (TPSA) is 52.9 Å². The number of anilines is 1. The fraction of sp³-hybridized carbons (Fsp3) is 0.176. The number of rotatable bonds is 6. The molecule has 0 aliphatic rings. The molecular weight excluding hydrogens is 316 g/mol. The van der Waals surface area contributed by atoms with Gasteiger partial charge in [0.05, 0.1) is 18.2 Å². The summed E-state index contributed by atoms with van der Waals surface area (Å²) in [6.07, 6.45) is 0.379. The van der Waals surface area contributed by atoms with Crippen LogP contribution in [-0.4, -0.2) is 11.7 Å². The van der Waals surface area contributed by atoms with Crippen molar-refractivity contribution in [1.29, 1.82) is 5.26 Å². The minimum Gasteiger partial charge on any atom is -0.325 e. The van der Waals surface area contributed by atoms with Crippen LogP contribution in [0, 0.1) is 11.3 Å². The molecule has 2 aromatic carbocycles. The number of nitriles is 1. The van der Waals surface area contributed by atoms with Gasteiger partial charge in [0.15, 0.2) is 0 Å². The highest BCUT2D eigenvalue weighted by Crippen LogP contribution is 2.17. The van der Waals surface area contributed by atoms with Gasteiger partial charge in [-0.2, -0.15) is 5.26 Å². The monoisotopic (exact) mass is 330 g/mol. The van der Waals surface area contributed by atoms with Gasteiger partial charge >= 0.3 is 0 Å². The molecule has 0 atom stereocenters. The summed E-state index contributed by atoms with van der Waals surface area (Å²) in [4.78, 5) is 11.9. The van der Waals surface area contributed by atoms with Gasteiger partial charge in [-0.3, -0.25) is 4.79 Å². The molecule has 22 heavy (non-hydrogen) atoms. The van der Waals surface area contributed by atoms with E-state index in [4.69, 9.17) is 16.9 Å². The van der Waals surface area contributed by atoms with Crippen molar-refractivity contribution in [1.82, 2.24) is 0 Å². The molecule has 5 heteroatoms. The molecule has 0 unspecified atom stereocenters. The minimum atomic E-state index is -0.0416. The zero-order valence-corrected chi connectivity index (χ0v) is 13.5. The summed E-state index contributed by atoms with van der Waals surface area (Å²) < 4.78 is 0. The van der Waals surface area contributed by atoms with E-state index in [1.54, 1.807) is 0 Å². The molecule has 1 N–H and O–H groups in total. The van der Waals surface area contributed by atoms with Crippen molar-refractivity contribution in [3.63, 3.8) is 0 Å². The lowest BCUT2D eigenvalue weighted by atomic mass is 10.1. The molecule has 0 saturated carbocycles. The molecule has 0 fully saturated rings. The lowest BCUT2D eigenvalue weighted by molar-refractivity contribution is -0.113. The number of amides is 1. The van der Waals surface area contributed by atoms with Crippen molar-refractivity contribution in [2.45, 2.75) is 12.2 Å². The summed E-state index contributed by atoms with van der Waals surface area (Å²) in [5, 5.41) is 12.2. The molecule has 0 aliphatic heterocycles. The Balaban J connectivity index is 1.77. The predicted molar refractivity (Wildman–Crippen MR) is 92.0 cm³/mol. The molecule has 0 radical (unpaired) electrons. The number of halogens is 1. The van der Waals surface area contributed by atoms with Crippen LogP contribution < -0.4 is 5.32 Å². The molecule has 0 spiro atoms. The van der Waals surface area contributed by atoms with E-state index in [2.05, 4.69) is 11.4 Å². The van der Waals surface area contributed by atoms with Crippen LogP contribution in [0.15, 0.2) is 48.5 Å². The van der Waals surface area contributed by atoms with E-state index >= 15 is 0 Å². The highest BCUT2D eigenvalue weighted by Gasteiger charge is 2.03. The molecule has 3 nitrogen and oxygen atoms in total. The first-order chi connectivity index (χ1) is 10.7. The molecule has 0 aliphatic carbocycles. The third-order valence-electron chi connectivity index (χ3n) is 2.91. The maximum absolute atomic E-state index is 11.9. The summed E-state index contributed by atoms with van der Waals surface area (Å²) in [7, 11) is 0. The standard InChI is InChI=1S/C17H15ClN2OS/c18-15-3-1-2-14(10-15)11-22-12-17(21)20-16-6-4-13(5-7-16)8-9-19/h1-7,10H,8,11-12H2,(H,20,21). The van der Waals surface area contributed by atoms with Crippen LogP contribution in [-0.2, 0) is 17.0 Å². The first-order valence-corrected chi connectivity index (χ1v) is 8.28. The molecule has 112 valence electrons. The number of thioether (sulfide) groups is 1. The largest absolute Gasteiger partial charge is 0.325 e. The second-order valence-corrected chi connectivity index (χ2v) is 6.12. The molecule has 0 heterocycles. The fourth-order valence-corrected chi connectivity index (χ4v) is 2.87. The Morgan fingerprint density at radius 1 is 1.18 bits per heavy atom. The zero-order valence-electron chi connectivity index (χ0n) is 11.9. The maximum Gasteiger partial charge on any atom is 0.234 e. The molecule has 0 aromatic heterocycles.